The molecule has 0 aromatic rings. The first kappa shape index (κ1) is 11.5. The zero-order valence-electron chi connectivity index (χ0n) is 8.85. The van der Waals surface area contributed by atoms with Gasteiger partial charge in [-0.05, 0) is 6.92 Å². The average molecular weight is 215 g/mol. The summed E-state index contributed by atoms with van der Waals surface area (Å²) in [6.45, 7) is 1.68. The van der Waals surface area contributed by atoms with Gasteiger partial charge in [-0.1, -0.05) is 0 Å². The first-order valence-electron chi connectivity index (χ1n) is 4.49. The fourth-order valence-corrected chi connectivity index (χ4v) is 1.66. The Morgan fingerprint density at radius 2 is 1.93 bits per heavy atom. The third-order valence-corrected chi connectivity index (χ3v) is 2.36. The number of carbonyl (C=O) groups excluding carboxylic acids is 3. The number of esters is 1. The summed E-state index contributed by atoms with van der Waals surface area (Å²) < 4.78 is 8.97. The molecule has 0 aromatic heterocycles. The number of likely N-dealkylation sites (tertiary alicyclic amines) is 1. The number of hydrogen-bond donors (Lipinski definition) is 0. The Balaban J connectivity index is 2.94. The molecule has 15 heavy (non-hydrogen) atoms. The van der Waals surface area contributed by atoms with E-state index in [1.54, 1.807) is 6.92 Å². The first-order chi connectivity index (χ1) is 7.02. The van der Waals surface area contributed by atoms with Gasteiger partial charge in [0.25, 0.3) is 0 Å². The fraction of sp³-hybridized carbons (Fsp3) is 0.667. The lowest BCUT2D eigenvalue weighted by Gasteiger charge is -2.23. The second kappa shape index (κ2) is 4.29. The molecule has 0 radical (unpaired) electrons. The lowest BCUT2D eigenvalue weighted by Crippen LogP contribution is -2.46. The van der Waals surface area contributed by atoms with Gasteiger partial charge < -0.3 is 9.47 Å². The maximum atomic E-state index is 11.5. The number of nitrogens with zero attached hydrogens (tertiary/aromatic N) is 1. The second-order valence-corrected chi connectivity index (χ2v) is 3.32. The summed E-state index contributed by atoms with van der Waals surface area (Å²) in [7, 11) is 2.38. The molecule has 1 aliphatic heterocycles. The molecule has 0 aromatic carbocycles. The van der Waals surface area contributed by atoms with Crippen LogP contribution in [0.2, 0.25) is 0 Å². The van der Waals surface area contributed by atoms with Gasteiger partial charge in [-0.15, -0.1) is 0 Å². The summed E-state index contributed by atoms with van der Waals surface area (Å²) in [5.74, 6) is -1.05. The van der Waals surface area contributed by atoms with E-state index in [2.05, 4.69) is 9.47 Å². The highest BCUT2D eigenvalue weighted by Gasteiger charge is 2.46. The van der Waals surface area contributed by atoms with E-state index in [1.165, 1.54) is 14.2 Å². The van der Waals surface area contributed by atoms with E-state index in [1.807, 2.05) is 0 Å². The molecular formula is C9H13NO5. The quantitative estimate of drug-likeness (QED) is 0.453. The van der Waals surface area contributed by atoms with Crippen molar-refractivity contribution >= 4 is 17.8 Å². The lowest BCUT2D eigenvalue weighted by atomic mass is 10.2. The van der Waals surface area contributed by atoms with Crippen molar-refractivity contribution in [2.75, 3.05) is 14.2 Å². The van der Waals surface area contributed by atoms with Gasteiger partial charge in [0.05, 0.1) is 14.2 Å². The minimum absolute atomic E-state index is 0.148. The summed E-state index contributed by atoms with van der Waals surface area (Å²) in [6.07, 6.45) is -0.543. The van der Waals surface area contributed by atoms with Crippen LogP contribution in [-0.4, -0.2) is 49.0 Å². The van der Waals surface area contributed by atoms with Crippen LogP contribution < -0.4 is 0 Å². The Labute approximate surface area is 87.1 Å². The van der Waals surface area contributed by atoms with Crippen LogP contribution in [0.5, 0.6) is 0 Å². The fourth-order valence-electron chi connectivity index (χ4n) is 1.66. The molecule has 2 atom stereocenters. The van der Waals surface area contributed by atoms with Crippen LogP contribution in [0.15, 0.2) is 0 Å². The van der Waals surface area contributed by atoms with Crippen LogP contribution in [0, 0.1) is 0 Å². The molecule has 0 saturated carbocycles. The van der Waals surface area contributed by atoms with Gasteiger partial charge in [0.2, 0.25) is 0 Å². The largest absolute Gasteiger partial charge is 0.467 e. The van der Waals surface area contributed by atoms with E-state index in [4.69, 9.17) is 0 Å². The molecule has 6 heteroatoms. The van der Waals surface area contributed by atoms with E-state index >= 15 is 0 Å². The highest BCUT2D eigenvalue weighted by molar-refractivity contribution is 6.07. The van der Waals surface area contributed by atoms with E-state index in [0.717, 1.165) is 4.90 Å². The van der Waals surface area contributed by atoms with E-state index in [0.29, 0.717) is 0 Å². The monoisotopic (exact) mass is 215 g/mol. The first-order valence-corrected chi connectivity index (χ1v) is 4.49. The number of carbonyl (C=O) groups is 3. The maximum absolute atomic E-state index is 11.5. The van der Waals surface area contributed by atoms with Crippen LogP contribution in [0.3, 0.4) is 0 Å². The predicted molar refractivity (Wildman–Crippen MR) is 49.1 cm³/mol. The summed E-state index contributed by atoms with van der Waals surface area (Å²) in [4.78, 5) is 35.2. The van der Waals surface area contributed by atoms with Gasteiger partial charge in [-0.2, -0.15) is 0 Å². The minimum atomic E-state index is -1.16. The second-order valence-electron chi connectivity index (χ2n) is 3.32. The molecule has 0 bridgehead atoms. The third-order valence-electron chi connectivity index (χ3n) is 2.36. The zero-order chi connectivity index (χ0) is 11.6. The Bertz CT molecular complexity index is 293. The van der Waals surface area contributed by atoms with E-state index in [9.17, 15) is 14.4 Å². The SMILES string of the molecule is COC(=O)[C@H]1C(=O)C[C@@H](C)N1C(=O)OC. The van der Waals surface area contributed by atoms with Crippen LogP contribution in [0.1, 0.15) is 13.3 Å². The Kier molecular flexibility index (Phi) is 3.28. The van der Waals surface area contributed by atoms with Gasteiger partial charge in [0.15, 0.2) is 11.8 Å². The van der Waals surface area contributed by atoms with Crippen molar-refractivity contribution in [3.05, 3.63) is 0 Å². The molecule has 1 aliphatic rings. The zero-order valence-corrected chi connectivity index (χ0v) is 8.85. The summed E-state index contributed by atoms with van der Waals surface area (Å²) in [5, 5.41) is 0. The third kappa shape index (κ3) is 1.93. The van der Waals surface area contributed by atoms with Crippen molar-refractivity contribution in [2.24, 2.45) is 0 Å². The standard InChI is InChI=1S/C9H13NO5/c1-5-4-6(11)7(8(12)14-2)10(5)9(13)15-3/h5,7H,4H2,1-3H3/t5-,7-/m1/s1. The van der Waals surface area contributed by atoms with Gasteiger partial charge in [0.1, 0.15) is 0 Å². The molecule has 0 N–H and O–H groups in total. The smallest absolute Gasteiger partial charge is 0.410 e. The summed E-state index contributed by atoms with van der Waals surface area (Å²) >= 11 is 0. The molecule has 0 aliphatic carbocycles. The molecule has 6 nitrogen and oxygen atoms in total. The van der Waals surface area contributed by atoms with Gasteiger partial charge >= 0.3 is 12.1 Å². The number of hydrogen-bond acceptors (Lipinski definition) is 5. The molecule has 1 saturated heterocycles. The highest BCUT2D eigenvalue weighted by Crippen LogP contribution is 2.22. The molecule has 1 fully saturated rings. The van der Waals surface area contributed by atoms with Crippen molar-refractivity contribution in [1.29, 1.82) is 0 Å². The molecule has 1 heterocycles. The molecular weight excluding hydrogens is 202 g/mol. The Hall–Kier alpha value is -1.59. The number of methoxy groups -OCH3 is 2. The topological polar surface area (TPSA) is 72.9 Å². The number of Topliss-reactive ketones (excluding diaryl/α,β-unsaturated/α-hetero) is 1. The van der Waals surface area contributed by atoms with Gasteiger partial charge in [-0.25, -0.2) is 9.59 Å². The van der Waals surface area contributed by atoms with Crippen LogP contribution >= 0.6 is 0 Å². The predicted octanol–water partition coefficient (Wildman–Crippen LogP) is -0.0423. The number of ketones is 1. The molecule has 0 unspecified atom stereocenters. The van der Waals surface area contributed by atoms with E-state index in [-0.39, 0.29) is 18.2 Å². The van der Waals surface area contributed by atoms with Crippen LogP contribution in [0.4, 0.5) is 4.79 Å². The number of ether oxygens (including phenoxy) is 2. The minimum Gasteiger partial charge on any atom is -0.467 e. The summed E-state index contributed by atoms with van der Waals surface area (Å²) in [5.41, 5.74) is 0. The lowest BCUT2D eigenvalue weighted by molar-refractivity contribution is -0.148. The van der Waals surface area contributed by atoms with Crippen LogP contribution in [0.25, 0.3) is 0 Å². The molecule has 1 amide bonds. The van der Waals surface area contributed by atoms with Gasteiger partial charge in [0, 0.05) is 12.5 Å². The maximum Gasteiger partial charge on any atom is 0.410 e. The highest BCUT2D eigenvalue weighted by atomic mass is 16.5. The average Bonchev–Trinajstić information content (AvgIpc) is 2.51. The Morgan fingerprint density at radius 1 is 1.33 bits per heavy atom. The molecule has 84 valence electrons. The normalized spacial score (nSPS) is 25.3. The van der Waals surface area contributed by atoms with Crippen molar-refractivity contribution in [1.82, 2.24) is 4.90 Å². The van der Waals surface area contributed by atoms with E-state index < -0.39 is 18.1 Å². The van der Waals surface area contributed by atoms with Crippen molar-refractivity contribution in [2.45, 2.75) is 25.4 Å². The molecule has 0 spiro atoms. The summed E-state index contributed by atoms with van der Waals surface area (Å²) in [6, 6.07) is -1.49. The number of rotatable bonds is 1. The Morgan fingerprint density at radius 3 is 2.40 bits per heavy atom. The van der Waals surface area contributed by atoms with Crippen LogP contribution in [-0.2, 0) is 19.1 Å². The molecule has 1 rings (SSSR count). The van der Waals surface area contributed by atoms with Crippen molar-refractivity contribution in [3.63, 3.8) is 0 Å². The van der Waals surface area contributed by atoms with Crippen molar-refractivity contribution < 1.29 is 23.9 Å². The van der Waals surface area contributed by atoms with Crippen molar-refractivity contribution in [3.8, 4) is 0 Å². The number of amides is 1. The van der Waals surface area contributed by atoms with Gasteiger partial charge in [-0.3, -0.25) is 9.69 Å².